The van der Waals surface area contributed by atoms with Crippen LogP contribution in [0.1, 0.15) is 21.5 Å². The van der Waals surface area contributed by atoms with Crippen LogP contribution in [0.4, 0.5) is 14.5 Å². The zero-order valence-electron chi connectivity index (χ0n) is 16.5. The first-order chi connectivity index (χ1) is 15.0. The zero-order chi connectivity index (χ0) is 21.8. The van der Waals surface area contributed by atoms with E-state index in [0.29, 0.717) is 24.4 Å². The quantitative estimate of drug-likeness (QED) is 0.651. The van der Waals surface area contributed by atoms with Gasteiger partial charge in [-0.3, -0.25) is 9.59 Å². The Morgan fingerprint density at radius 3 is 2.55 bits per heavy atom. The highest BCUT2D eigenvalue weighted by Gasteiger charge is 2.26. The Bertz CT molecular complexity index is 1120. The fourth-order valence-electron chi connectivity index (χ4n) is 3.42. The lowest BCUT2D eigenvalue weighted by atomic mass is 9.95. The first-order valence-corrected chi connectivity index (χ1v) is 9.83. The van der Waals surface area contributed by atoms with Crippen molar-refractivity contribution in [2.75, 3.05) is 11.9 Å². The summed E-state index contributed by atoms with van der Waals surface area (Å²) in [4.78, 5) is 24.9. The van der Waals surface area contributed by atoms with Crippen molar-refractivity contribution in [2.24, 2.45) is 5.92 Å². The molecule has 3 aromatic carbocycles. The van der Waals surface area contributed by atoms with Crippen molar-refractivity contribution in [3.63, 3.8) is 0 Å². The summed E-state index contributed by atoms with van der Waals surface area (Å²) >= 11 is 0. The molecule has 0 bridgehead atoms. The number of amides is 2. The number of benzene rings is 3. The number of nitrogens with one attached hydrogen (secondary N) is 2. The van der Waals surface area contributed by atoms with Gasteiger partial charge in [0.2, 0.25) is 5.91 Å². The van der Waals surface area contributed by atoms with Crippen molar-refractivity contribution in [2.45, 2.75) is 13.0 Å². The Balaban J connectivity index is 1.40. The molecular formula is C24H20F2N2O3. The van der Waals surface area contributed by atoms with Crippen LogP contribution < -0.4 is 15.4 Å². The Labute approximate surface area is 178 Å². The molecule has 0 fully saturated rings. The van der Waals surface area contributed by atoms with E-state index in [0.717, 1.165) is 11.1 Å². The molecule has 3 aromatic rings. The lowest BCUT2D eigenvalue weighted by Gasteiger charge is -2.25. The van der Waals surface area contributed by atoms with E-state index in [1.807, 2.05) is 0 Å². The van der Waals surface area contributed by atoms with Gasteiger partial charge in [-0.25, -0.2) is 8.78 Å². The highest BCUT2D eigenvalue weighted by atomic mass is 19.1. The van der Waals surface area contributed by atoms with Gasteiger partial charge in [0, 0.05) is 12.2 Å². The summed E-state index contributed by atoms with van der Waals surface area (Å²) in [6.07, 6.45) is 0.438. The summed E-state index contributed by atoms with van der Waals surface area (Å²) in [6, 6.07) is 16.8. The molecule has 0 radical (unpaired) electrons. The van der Waals surface area contributed by atoms with Crippen molar-refractivity contribution >= 4 is 17.5 Å². The lowest BCUT2D eigenvalue weighted by Crippen LogP contribution is -2.37. The van der Waals surface area contributed by atoms with Crippen LogP contribution in [0, 0.1) is 17.6 Å². The first-order valence-electron chi connectivity index (χ1n) is 9.83. The van der Waals surface area contributed by atoms with E-state index in [4.69, 9.17) is 4.74 Å². The number of anilines is 1. The Morgan fingerprint density at radius 1 is 1.00 bits per heavy atom. The van der Waals surface area contributed by atoms with Gasteiger partial charge in [0.25, 0.3) is 5.91 Å². The van der Waals surface area contributed by atoms with E-state index in [2.05, 4.69) is 10.6 Å². The van der Waals surface area contributed by atoms with E-state index in [1.165, 1.54) is 30.3 Å². The van der Waals surface area contributed by atoms with Crippen LogP contribution in [-0.4, -0.2) is 18.4 Å². The van der Waals surface area contributed by atoms with Gasteiger partial charge >= 0.3 is 0 Å². The Morgan fingerprint density at radius 2 is 1.77 bits per heavy atom. The molecule has 0 saturated carbocycles. The highest BCUT2D eigenvalue weighted by Crippen LogP contribution is 2.30. The molecule has 0 saturated heterocycles. The van der Waals surface area contributed by atoms with Crippen LogP contribution in [-0.2, 0) is 17.8 Å². The summed E-state index contributed by atoms with van der Waals surface area (Å²) < 4.78 is 32.5. The molecule has 31 heavy (non-hydrogen) atoms. The first kappa shape index (κ1) is 20.5. The van der Waals surface area contributed by atoms with Crippen LogP contribution in [0.5, 0.6) is 5.75 Å². The third-order valence-corrected chi connectivity index (χ3v) is 5.09. The molecule has 0 aliphatic carbocycles. The molecule has 1 unspecified atom stereocenters. The minimum atomic E-state index is -0.598. The maximum absolute atomic E-state index is 13.8. The number of halogens is 2. The molecule has 158 valence electrons. The monoisotopic (exact) mass is 422 g/mol. The van der Waals surface area contributed by atoms with Crippen molar-refractivity contribution < 1.29 is 23.1 Å². The van der Waals surface area contributed by atoms with E-state index in [1.54, 1.807) is 36.4 Å². The molecule has 2 amide bonds. The summed E-state index contributed by atoms with van der Waals surface area (Å²) in [5, 5.41) is 5.52. The van der Waals surface area contributed by atoms with Gasteiger partial charge in [-0.15, -0.1) is 0 Å². The number of hydrogen-bond donors (Lipinski definition) is 2. The van der Waals surface area contributed by atoms with Gasteiger partial charge in [0.15, 0.2) is 0 Å². The molecule has 1 heterocycles. The second kappa shape index (κ2) is 8.95. The smallest absolute Gasteiger partial charge is 0.258 e. The fraction of sp³-hybridized carbons (Fsp3) is 0.167. The fourth-order valence-corrected chi connectivity index (χ4v) is 3.42. The molecule has 1 aliphatic rings. The van der Waals surface area contributed by atoms with Crippen molar-refractivity contribution in [1.82, 2.24) is 5.32 Å². The average Bonchev–Trinajstić information content (AvgIpc) is 2.78. The topological polar surface area (TPSA) is 67.4 Å². The van der Waals surface area contributed by atoms with Crippen LogP contribution in [0.3, 0.4) is 0 Å². The Hall–Kier alpha value is -3.74. The minimum absolute atomic E-state index is 0.0467. The van der Waals surface area contributed by atoms with Crippen LogP contribution >= 0.6 is 0 Å². The van der Waals surface area contributed by atoms with E-state index < -0.39 is 17.6 Å². The normalized spacial score (nSPS) is 14.8. The zero-order valence-corrected chi connectivity index (χ0v) is 16.5. The van der Waals surface area contributed by atoms with E-state index >= 15 is 0 Å². The standard InChI is InChI=1S/C24H20F2N2O3/c25-18-7-5-15(6-8-18)13-27-23(29)17-11-16-12-19(9-10-22(16)31-14-17)28-24(30)20-3-1-2-4-21(20)26/h1-10,12,17H,11,13-14H2,(H,27,29)(H,28,30). The van der Waals surface area contributed by atoms with Crippen LogP contribution in [0.15, 0.2) is 66.7 Å². The molecule has 5 nitrogen and oxygen atoms in total. The number of ether oxygens (including phenoxy) is 1. The summed E-state index contributed by atoms with van der Waals surface area (Å²) in [7, 11) is 0. The van der Waals surface area contributed by atoms with Crippen molar-refractivity contribution in [3.8, 4) is 5.75 Å². The van der Waals surface area contributed by atoms with Gasteiger partial charge in [0.05, 0.1) is 11.5 Å². The predicted octanol–water partition coefficient (Wildman–Crippen LogP) is 4.08. The number of rotatable bonds is 5. The van der Waals surface area contributed by atoms with Crippen LogP contribution in [0.25, 0.3) is 0 Å². The molecule has 0 spiro atoms. The number of fused-ring (bicyclic) bond motifs is 1. The molecular weight excluding hydrogens is 402 g/mol. The second-order valence-corrected chi connectivity index (χ2v) is 7.31. The van der Waals surface area contributed by atoms with Gasteiger partial charge in [-0.05, 0) is 60.0 Å². The lowest BCUT2D eigenvalue weighted by molar-refractivity contribution is -0.126. The SMILES string of the molecule is O=C(Nc1ccc2c(c1)CC(C(=O)NCc1ccc(F)cc1)CO2)c1ccccc1F. The summed E-state index contributed by atoms with van der Waals surface area (Å²) in [6.45, 7) is 0.532. The third kappa shape index (κ3) is 4.88. The largest absolute Gasteiger partial charge is 0.492 e. The van der Waals surface area contributed by atoms with Gasteiger partial charge < -0.3 is 15.4 Å². The van der Waals surface area contributed by atoms with Gasteiger partial charge in [-0.1, -0.05) is 24.3 Å². The number of carbonyl (C=O) groups excluding carboxylic acids is 2. The molecule has 0 aromatic heterocycles. The van der Waals surface area contributed by atoms with Gasteiger partial charge in [-0.2, -0.15) is 0 Å². The average molecular weight is 422 g/mol. The second-order valence-electron chi connectivity index (χ2n) is 7.31. The maximum Gasteiger partial charge on any atom is 0.258 e. The molecule has 4 rings (SSSR count). The predicted molar refractivity (Wildman–Crippen MR) is 112 cm³/mol. The van der Waals surface area contributed by atoms with E-state index in [9.17, 15) is 18.4 Å². The molecule has 1 aliphatic heterocycles. The number of carbonyl (C=O) groups is 2. The van der Waals surface area contributed by atoms with Crippen molar-refractivity contribution in [3.05, 3.63) is 95.1 Å². The highest BCUT2D eigenvalue weighted by molar-refractivity contribution is 6.04. The Kier molecular flexibility index (Phi) is 5.93. The van der Waals surface area contributed by atoms with Gasteiger partial charge in [0.1, 0.15) is 24.0 Å². The number of hydrogen-bond acceptors (Lipinski definition) is 3. The van der Waals surface area contributed by atoms with Crippen LogP contribution in [0.2, 0.25) is 0 Å². The maximum atomic E-state index is 13.8. The summed E-state index contributed by atoms with van der Waals surface area (Å²) in [5.74, 6) is -1.40. The molecule has 7 heteroatoms. The minimum Gasteiger partial charge on any atom is -0.492 e. The third-order valence-electron chi connectivity index (χ3n) is 5.09. The molecule has 1 atom stereocenters. The summed E-state index contributed by atoms with van der Waals surface area (Å²) in [5.41, 5.74) is 2.02. The molecule has 2 N–H and O–H groups in total. The van der Waals surface area contributed by atoms with Crippen molar-refractivity contribution in [1.29, 1.82) is 0 Å². The van der Waals surface area contributed by atoms with E-state index in [-0.39, 0.29) is 23.9 Å².